The normalized spacial score (nSPS) is 14.7. The lowest BCUT2D eigenvalue weighted by atomic mass is 10.3. The maximum absolute atomic E-state index is 11.3. The highest BCUT2D eigenvalue weighted by molar-refractivity contribution is 7.46. The van der Waals surface area contributed by atoms with Gasteiger partial charge in [0.15, 0.2) is 0 Å². The molecule has 94 valence electrons. The Labute approximate surface area is 94.5 Å². The molecular weight excluding hydrogens is 235 g/mol. The summed E-state index contributed by atoms with van der Waals surface area (Å²) in [5.74, 6) is -0.644. The predicted octanol–water partition coefficient (Wildman–Crippen LogP) is 1.73. The van der Waals surface area contributed by atoms with Crippen LogP contribution in [0.15, 0.2) is 11.6 Å². The molecule has 0 aliphatic rings. The lowest BCUT2D eigenvalue weighted by Gasteiger charge is -2.17. The van der Waals surface area contributed by atoms with Crippen LogP contribution in [0.3, 0.4) is 0 Å². The molecule has 0 fully saturated rings. The largest absolute Gasteiger partial charge is 0.472 e. The van der Waals surface area contributed by atoms with Gasteiger partial charge in [-0.1, -0.05) is 19.4 Å². The topological polar surface area (TPSA) is 93.1 Å². The average molecular weight is 252 g/mol. The second kappa shape index (κ2) is 6.81. The number of ether oxygens (including phenoxy) is 1. The van der Waals surface area contributed by atoms with E-state index in [0.29, 0.717) is 12.0 Å². The summed E-state index contributed by atoms with van der Waals surface area (Å²) in [6.07, 6.45) is 1.14. The molecular formula is C9H17O6P. The third-order valence-corrected chi connectivity index (χ3v) is 2.28. The predicted molar refractivity (Wildman–Crippen MR) is 57.3 cm³/mol. The Bertz CT molecular complexity index is 305. The lowest BCUT2D eigenvalue weighted by Crippen LogP contribution is -2.20. The van der Waals surface area contributed by atoms with Gasteiger partial charge in [-0.3, -0.25) is 0 Å². The molecule has 0 amide bonds. The second-order valence-corrected chi connectivity index (χ2v) is 4.38. The fourth-order valence-corrected chi connectivity index (χ4v) is 1.31. The Hall–Kier alpha value is -0.680. The van der Waals surface area contributed by atoms with Crippen LogP contribution in [0.4, 0.5) is 0 Å². The maximum Gasteiger partial charge on any atom is 0.472 e. The number of hydrogen-bond acceptors (Lipinski definition) is 4. The van der Waals surface area contributed by atoms with Crippen LogP contribution in [0.25, 0.3) is 0 Å². The van der Waals surface area contributed by atoms with Crippen molar-refractivity contribution in [3.05, 3.63) is 11.6 Å². The molecule has 0 aliphatic carbocycles. The number of phosphoric acid groups is 1. The van der Waals surface area contributed by atoms with Crippen LogP contribution in [-0.2, 0) is 18.6 Å². The van der Waals surface area contributed by atoms with Crippen LogP contribution in [0.1, 0.15) is 33.6 Å². The molecule has 0 heterocycles. The number of allylic oxidation sites excluding steroid dienone is 1. The van der Waals surface area contributed by atoms with E-state index in [-0.39, 0.29) is 6.42 Å². The van der Waals surface area contributed by atoms with E-state index in [0.717, 1.165) is 0 Å². The van der Waals surface area contributed by atoms with E-state index in [1.807, 2.05) is 0 Å². The lowest BCUT2D eigenvalue weighted by molar-refractivity contribution is -0.161. The quantitative estimate of drug-likeness (QED) is 0.323. The van der Waals surface area contributed by atoms with Crippen molar-refractivity contribution in [2.45, 2.75) is 39.9 Å². The van der Waals surface area contributed by atoms with E-state index in [4.69, 9.17) is 14.5 Å². The van der Waals surface area contributed by atoms with Crippen molar-refractivity contribution in [1.82, 2.24) is 0 Å². The molecule has 0 bridgehead atoms. The first-order valence-corrected chi connectivity index (χ1v) is 6.41. The Morgan fingerprint density at radius 2 is 2.06 bits per heavy atom. The zero-order valence-corrected chi connectivity index (χ0v) is 10.4. The number of carbonyl (C=O) groups excluding carboxylic acids is 1. The average Bonchev–Trinajstić information content (AvgIpc) is 2.14. The number of hydrogen-bond donors (Lipinski definition) is 2. The maximum atomic E-state index is 11.3. The van der Waals surface area contributed by atoms with Crippen LogP contribution in [0.5, 0.6) is 0 Å². The van der Waals surface area contributed by atoms with Crippen molar-refractivity contribution in [3.63, 3.8) is 0 Å². The van der Waals surface area contributed by atoms with Crippen LogP contribution >= 0.6 is 7.82 Å². The van der Waals surface area contributed by atoms with Gasteiger partial charge in [-0.05, 0) is 13.8 Å². The van der Waals surface area contributed by atoms with Crippen molar-refractivity contribution in [3.8, 4) is 0 Å². The van der Waals surface area contributed by atoms with Crippen molar-refractivity contribution < 1.29 is 28.4 Å². The highest BCUT2D eigenvalue weighted by atomic mass is 31.2. The van der Waals surface area contributed by atoms with Gasteiger partial charge < -0.3 is 14.5 Å². The SMILES string of the molecule is CC=C(C)C(=O)OC(CCC)OP(=O)(O)O. The Kier molecular flexibility index (Phi) is 6.52. The van der Waals surface area contributed by atoms with Gasteiger partial charge in [0, 0.05) is 12.0 Å². The fraction of sp³-hybridized carbons (Fsp3) is 0.667. The van der Waals surface area contributed by atoms with Gasteiger partial charge in [-0.25, -0.2) is 13.9 Å². The summed E-state index contributed by atoms with van der Waals surface area (Å²) in [4.78, 5) is 28.5. The monoisotopic (exact) mass is 252 g/mol. The summed E-state index contributed by atoms with van der Waals surface area (Å²) in [5, 5.41) is 0. The van der Waals surface area contributed by atoms with E-state index >= 15 is 0 Å². The van der Waals surface area contributed by atoms with Gasteiger partial charge in [0.1, 0.15) is 0 Å². The minimum absolute atomic E-state index is 0.230. The van der Waals surface area contributed by atoms with Gasteiger partial charge in [-0.2, -0.15) is 0 Å². The van der Waals surface area contributed by atoms with Crippen LogP contribution in [0, 0.1) is 0 Å². The highest BCUT2D eigenvalue weighted by Crippen LogP contribution is 2.38. The van der Waals surface area contributed by atoms with Gasteiger partial charge in [0.2, 0.25) is 6.29 Å². The summed E-state index contributed by atoms with van der Waals surface area (Å²) in [5.41, 5.74) is 0.357. The molecule has 0 spiro atoms. The summed E-state index contributed by atoms with van der Waals surface area (Å²) >= 11 is 0. The van der Waals surface area contributed by atoms with E-state index < -0.39 is 20.1 Å². The molecule has 0 aromatic carbocycles. The van der Waals surface area contributed by atoms with Crippen LogP contribution < -0.4 is 0 Å². The van der Waals surface area contributed by atoms with Gasteiger partial charge in [-0.15, -0.1) is 0 Å². The molecule has 0 aliphatic heterocycles. The molecule has 0 saturated carbocycles. The third-order valence-electron chi connectivity index (χ3n) is 1.77. The van der Waals surface area contributed by atoms with E-state index in [2.05, 4.69) is 4.52 Å². The van der Waals surface area contributed by atoms with Crippen LogP contribution in [0.2, 0.25) is 0 Å². The Balaban J connectivity index is 4.45. The summed E-state index contributed by atoms with van der Waals surface area (Å²) < 4.78 is 19.7. The number of carbonyl (C=O) groups is 1. The highest BCUT2D eigenvalue weighted by Gasteiger charge is 2.24. The molecule has 1 atom stereocenters. The van der Waals surface area contributed by atoms with Gasteiger partial charge in [0.05, 0.1) is 0 Å². The zero-order valence-electron chi connectivity index (χ0n) is 9.54. The number of phosphoric ester groups is 1. The Morgan fingerprint density at radius 3 is 2.44 bits per heavy atom. The third kappa shape index (κ3) is 6.74. The standard InChI is InChI=1S/C9H17O6P/c1-4-6-8(15-16(11,12)13)14-9(10)7(3)5-2/h5,8H,4,6H2,1-3H3,(H2,11,12,13). The van der Waals surface area contributed by atoms with Crippen molar-refractivity contribution in [2.75, 3.05) is 0 Å². The van der Waals surface area contributed by atoms with Crippen LogP contribution in [-0.4, -0.2) is 22.0 Å². The minimum atomic E-state index is -4.64. The molecule has 2 N–H and O–H groups in total. The molecule has 0 saturated heterocycles. The molecule has 0 aromatic heterocycles. The van der Waals surface area contributed by atoms with E-state index in [1.165, 1.54) is 0 Å². The van der Waals surface area contributed by atoms with Crippen molar-refractivity contribution in [2.24, 2.45) is 0 Å². The molecule has 1 unspecified atom stereocenters. The summed E-state index contributed by atoms with van der Waals surface area (Å²) in [7, 11) is -4.64. The second-order valence-electron chi connectivity index (χ2n) is 3.19. The molecule has 0 rings (SSSR count). The molecule has 7 heteroatoms. The Morgan fingerprint density at radius 1 is 1.50 bits per heavy atom. The van der Waals surface area contributed by atoms with Gasteiger partial charge >= 0.3 is 13.8 Å². The molecule has 6 nitrogen and oxygen atoms in total. The number of esters is 1. The molecule has 0 radical (unpaired) electrons. The summed E-state index contributed by atoms with van der Waals surface area (Å²) in [6.45, 7) is 4.99. The van der Waals surface area contributed by atoms with Crippen molar-refractivity contribution in [1.29, 1.82) is 0 Å². The first-order chi connectivity index (χ1) is 7.30. The van der Waals surface area contributed by atoms with Gasteiger partial charge in [0.25, 0.3) is 0 Å². The zero-order chi connectivity index (χ0) is 12.8. The smallest absolute Gasteiger partial charge is 0.432 e. The fourth-order valence-electron chi connectivity index (χ4n) is 0.852. The van der Waals surface area contributed by atoms with Crippen molar-refractivity contribution >= 4 is 13.8 Å². The first kappa shape index (κ1) is 15.3. The van der Waals surface area contributed by atoms with E-state index in [1.54, 1.807) is 26.8 Å². The minimum Gasteiger partial charge on any atom is -0.432 e. The molecule has 0 aromatic rings. The first-order valence-electron chi connectivity index (χ1n) is 4.88. The molecule has 16 heavy (non-hydrogen) atoms. The summed E-state index contributed by atoms with van der Waals surface area (Å²) in [6, 6.07) is 0. The number of rotatable bonds is 6. The van der Waals surface area contributed by atoms with E-state index in [9.17, 15) is 9.36 Å².